The monoisotopic (exact) mass is 333 g/mol. The molecule has 5 heteroatoms. The zero-order valence-electron chi connectivity index (χ0n) is 9.81. The van der Waals surface area contributed by atoms with E-state index in [1.807, 2.05) is 0 Å². The first-order chi connectivity index (χ1) is 8.56. The molecule has 0 saturated heterocycles. The van der Waals surface area contributed by atoms with E-state index in [0.717, 1.165) is 30.7 Å². The first-order valence-electron chi connectivity index (χ1n) is 5.86. The smallest absolute Gasteiger partial charge is 0.252 e. The predicted molar refractivity (Wildman–Crippen MR) is 73.8 cm³/mol. The van der Waals surface area contributed by atoms with E-state index < -0.39 is 5.82 Å². The molecule has 1 fully saturated rings. The summed E-state index contributed by atoms with van der Waals surface area (Å²) >= 11 is 9.26. The lowest BCUT2D eigenvalue weighted by Gasteiger charge is -2.14. The zero-order valence-corrected chi connectivity index (χ0v) is 12.2. The minimum absolute atomic E-state index is 0.151. The molecule has 1 N–H and O–H groups in total. The van der Waals surface area contributed by atoms with Gasteiger partial charge in [0.05, 0.1) is 10.6 Å². The van der Waals surface area contributed by atoms with Crippen molar-refractivity contribution in [2.45, 2.75) is 19.3 Å². The van der Waals surface area contributed by atoms with Crippen LogP contribution in [0.4, 0.5) is 4.39 Å². The summed E-state index contributed by atoms with van der Waals surface area (Å²) in [7, 11) is 0. The summed E-state index contributed by atoms with van der Waals surface area (Å²) in [6.45, 7) is 0.658. The number of carbonyl (C=O) groups is 1. The fraction of sp³-hybridized carbons (Fsp3) is 0.462. The highest BCUT2D eigenvalue weighted by Crippen LogP contribution is 2.48. The molecule has 18 heavy (non-hydrogen) atoms. The van der Waals surface area contributed by atoms with Crippen LogP contribution in [0.2, 0.25) is 5.02 Å². The van der Waals surface area contributed by atoms with E-state index in [-0.39, 0.29) is 16.3 Å². The zero-order chi connectivity index (χ0) is 13.2. The fourth-order valence-electron chi connectivity index (χ4n) is 1.93. The Morgan fingerprint density at radius 3 is 2.78 bits per heavy atom. The molecule has 1 aliphatic carbocycles. The number of hydrogen-bond donors (Lipinski definition) is 1. The van der Waals surface area contributed by atoms with Crippen molar-refractivity contribution in [2.24, 2.45) is 5.41 Å². The van der Waals surface area contributed by atoms with Crippen LogP contribution in [0.25, 0.3) is 0 Å². The third-order valence-corrected chi connectivity index (χ3v) is 4.09. The van der Waals surface area contributed by atoms with Crippen LogP contribution in [0.3, 0.4) is 0 Å². The summed E-state index contributed by atoms with van der Waals surface area (Å²) in [6.07, 6.45) is 3.36. The number of nitrogens with one attached hydrogen (secondary N) is 1. The first-order valence-corrected chi connectivity index (χ1v) is 7.35. The molecule has 0 aromatic heterocycles. The number of halogens is 3. The first kappa shape index (κ1) is 13.8. The lowest BCUT2D eigenvalue weighted by Crippen LogP contribution is -2.30. The molecule has 0 bridgehead atoms. The average molecular weight is 335 g/mol. The maximum atomic E-state index is 12.9. The van der Waals surface area contributed by atoms with Crippen LogP contribution in [-0.4, -0.2) is 17.8 Å². The summed E-state index contributed by atoms with van der Waals surface area (Å²) in [5.41, 5.74) is 0.582. The minimum atomic E-state index is -0.436. The quantitative estimate of drug-likeness (QED) is 0.816. The number of hydrogen-bond acceptors (Lipinski definition) is 1. The Labute approximate surface area is 119 Å². The van der Waals surface area contributed by atoms with Crippen molar-refractivity contribution < 1.29 is 9.18 Å². The van der Waals surface area contributed by atoms with Crippen LogP contribution in [0.1, 0.15) is 29.6 Å². The second kappa shape index (κ2) is 5.57. The second-order valence-corrected chi connectivity index (χ2v) is 5.95. The maximum absolute atomic E-state index is 12.9. The van der Waals surface area contributed by atoms with Crippen LogP contribution in [0.15, 0.2) is 18.2 Å². The molecule has 1 aromatic carbocycles. The molecule has 0 heterocycles. The molecular weight excluding hydrogens is 321 g/mol. The Bertz CT molecular complexity index is 462. The van der Waals surface area contributed by atoms with Crippen LogP contribution in [0, 0.1) is 11.2 Å². The van der Waals surface area contributed by atoms with Crippen molar-refractivity contribution in [2.75, 3.05) is 11.9 Å². The second-order valence-electron chi connectivity index (χ2n) is 4.75. The van der Waals surface area contributed by atoms with E-state index in [9.17, 15) is 9.18 Å². The third kappa shape index (κ3) is 3.23. The predicted octanol–water partition coefficient (Wildman–Crippen LogP) is 3.77. The van der Waals surface area contributed by atoms with Gasteiger partial charge >= 0.3 is 0 Å². The highest BCUT2D eigenvalue weighted by Gasteiger charge is 2.41. The van der Waals surface area contributed by atoms with Crippen molar-refractivity contribution in [3.63, 3.8) is 0 Å². The van der Waals surface area contributed by atoms with Gasteiger partial charge in [-0.25, -0.2) is 4.39 Å². The van der Waals surface area contributed by atoms with E-state index in [1.165, 1.54) is 12.1 Å². The number of amides is 1. The third-order valence-electron chi connectivity index (χ3n) is 3.38. The molecule has 2 rings (SSSR count). The number of alkyl halides is 1. The van der Waals surface area contributed by atoms with E-state index >= 15 is 0 Å². The van der Waals surface area contributed by atoms with Crippen molar-refractivity contribution in [1.29, 1.82) is 0 Å². The molecule has 0 radical (unpaired) electrons. The van der Waals surface area contributed by atoms with Gasteiger partial charge in [0.15, 0.2) is 0 Å². The van der Waals surface area contributed by atoms with E-state index in [0.29, 0.717) is 12.1 Å². The van der Waals surface area contributed by atoms with Crippen LogP contribution < -0.4 is 5.32 Å². The molecular formula is C13H14BrClFNO. The van der Waals surface area contributed by atoms with Crippen LogP contribution in [0.5, 0.6) is 0 Å². The normalized spacial score (nSPS) is 16.4. The molecule has 1 aliphatic rings. The van der Waals surface area contributed by atoms with Gasteiger partial charge in [-0.2, -0.15) is 0 Å². The van der Waals surface area contributed by atoms with Gasteiger partial charge in [-0.15, -0.1) is 0 Å². The molecule has 0 atom stereocenters. The highest BCUT2D eigenvalue weighted by molar-refractivity contribution is 9.09. The van der Waals surface area contributed by atoms with Gasteiger partial charge < -0.3 is 5.32 Å². The lowest BCUT2D eigenvalue weighted by molar-refractivity contribution is 0.0944. The Balaban J connectivity index is 1.96. The van der Waals surface area contributed by atoms with Gasteiger partial charge in [0.25, 0.3) is 5.91 Å². The molecule has 0 aliphatic heterocycles. The molecule has 0 spiro atoms. The summed E-state index contributed by atoms with van der Waals surface area (Å²) in [4.78, 5) is 11.9. The van der Waals surface area contributed by atoms with Gasteiger partial charge in [-0.05, 0) is 42.9 Å². The summed E-state index contributed by atoms with van der Waals surface area (Å²) in [5, 5.41) is 3.98. The van der Waals surface area contributed by atoms with Gasteiger partial charge in [0, 0.05) is 11.9 Å². The van der Waals surface area contributed by atoms with Crippen LogP contribution >= 0.6 is 27.5 Å². The van der Waals surface area contributed by atoms with Gasteiger partial charge in [-0.1, -0.05) is 27.5 Å². The molecule has 2 nitrogen and oxygen atoms in total. The summed E-state index contributed by atoms with van der Waals surface area (Å²) in [5.74, 6) is -0.671. The maximum Gasteiger partial charge on any atom is 0.252 e. The summed E-state index contributed by atoms with van der Waals surface area (Å²) in [6, 6.07) is 3.81. The van der Waals surface area contributed by atoms with Crippen molar-refractivity contribution in [1.82, 2.24) is 5.32 Å². The molecule has 1 aromatic rings. The lowest BCUT2D eigenvalue weighted by atomic mass is 10.0. The number of carbonyl (C=O) groups excluding carboxylic acids is 1. The average Bonchev–Trinajstić information content (AvgIpc) is 3.07. The van der Waals surface area contributed by atoms with Crippen molar-refractivity contribution in [3.05, 3.63) is 34.6 Å². The van der Waals surface area contributed by atoms with E-state index in [4.69, 9.17) is 11.6 Å². The molecule has 1 amide bonds. The number of rotatable bonds is 5. The van der Waals surface area contributed by atoms with Crippen LogP contribution in [-0.2, 0) is 0 Å². The molecule has 0 unspecified atom stereocenters. The Morgan fingerprint density at radius 1 is 1.50 bits per heavy atom. The van der Waals surface area contributed by atoms with Crippen molar-refractivity contribution in [3.8, 4) is 0 Å². The highest BCUT2D eigenvalue weighted by atomic mass is 79.9. The fourth-order valence-corrected chi connectivity index (χ4v) is 3.02. The number of benzene rings is 1. The van der Waals surface area contributed by atoms with Gasteiger partial charge in [0.2, 0.25) is 0 Å². The Kier molecular flexibility index (Phi) is 4.28. The van der Waals surface area contributed by atoms with Gasteiger partial charge in [0.1, 0.15) is 5.82 Å². The SMILES string of the molecule is O=C(NCC1(CCBr)CC1)c1ccc(F)cc1Cl. The van der Waals surface area contributed by atoms with E-state index in [2.05, 4.69) is 21.2 Å². The van der Waals surface area contributed by atoms with Gasteiger partial charge in [-0.3, -0.25) is 4.79 Å². The topological polar surface area (TPSA) is 29.1 Å². The van der Waals surface area contributed by atoms with Crippen molar-refractivity contribution >= 4 is 33.4 Å². The summed E-state index contributed by atoms with van der Waals surface area (Å²) < 4.78 is 12.9. The molecule has 98 valence electrons. The Morgan fingerprint density at radius 2 is 2.22 bits per heavy atom. The minimum Gasteiger partial charge on any atom is -0.351 e. The standard InChI is InChI=1S/C13H14BrClFNO/c14-6-5-13(3-4-13)8-17-12(18)10-2-1-9(16)7-11(10)15/h1-2,7H,3-6,8H2,(H,17,18). The van der Waals surface area contributed by atoms with E-state index in [1.54, 1.807) is 0 Å². The largest absolute Gasteiger partial charge is 0.351 e. The Hall–Kier alpha value is -0.610. The molecule has 1 saturated carbocycles.